The Morgan fingerprint density at radius 2 is 1.73 bits per heavy atom. The molecule has 1 N–H and O–H groups in total. The highest BCUT2D eigenvalue weighted by atomic mass is 35.5. The van der Waals surface area contributed by atoms with Gasteiger partial charge >= 0.3 is 0 Å². The molecule has 1 aromatic rings. The number of hydrogen-bond donors (Lipinski definition) is 1. The van der Waals surface area contributed by atoms with Crippen molar-refractivity contribution in [2.45, 2.75) is 31.2 Å². The second-order valence-corrected chi connectivity index (χ2v) is 7.82. The van der Waals surface area contributed by atoms with E-state index in [1.54, 1.807) is 12.1 Å². The zero-order valence-corrected chi connectivity index (χ0v) is 15.0. The normalized spacial score (nSPS) is 17.0. The quantitative estimate of drug-likeness (QED) is 0.881. The summed E-state index contributed by atoms with van der Waals surface area (Å²) < 4.78 is 32.7. The number of sulfonamides is 1. The molecule has 0 aliphatic carbocycles. The van der Waals surface area contributed by atoms with E-state index in [2.05, 4.69) is 23.5 Å². The Bertz CT molecular complexity index is 567. The minimum absolute atomic E-state index is 0. The molecule has 0 amide bonds. The van der Waals surface area contributed by atoms with Crippen LogP contribution in [0.1, 0.15) is 19.4 Å². The second-order valence-electron chi connectivity index (χ2n) is 6.05. The van der Waals surface area contributed by atoms with Gasteiger partial charge in [-0.1, -0.05) is 17.7 Å². The zero-order valence-electron chi connectivity index (χ0n) is 13.3. The van der Waals surface area contributed by atoms with Crippen molar-refractivity contribution in [2.75, 3.05) is 32.8 Å². The lowest BCUT2D eigenvalue weighted by molar-refractivity contribution is -0.00803. The van der Waals surface area contributed by atoms with Gasteiger partial charge in [-0.05, 0) is 32.9 Å². The van der Waals surface area contributed by atoms with Crippen molar-refractivity contribution >= 4 is 22.4 Å². The lowest BCUT2D eigenvalue weighted by Gasteiger charge is -2.40. The summed E-state index contributed by atoms with van der Waals surface area (Å²) in [5.74, 6) is 0. The van der Waals surface area contributed by atoms with E-state index in [9.17, 15) is 8.42 Å². The largest absolute Gasteiger partial charge is 0.379 e. The van der Waals surface area contributed by atoms with Gasteiger partial charge in [0.05, 0.1) is 18.1 Å². The van der Waals surface area contributed by atoms with Gasteiger partial charge in [0.2, 0.25) is 10.0 Å². The number of rotatable bonds is 5. The number of benzene rings is 1. The lowest BCUT2D eigenvalue weighted by atomic mass is 10.0. The fourth-order valence-electron chi connectivity index (χ4n) is 2.35. The molecular formula is C15H25ClN2O3S. The van der Waals surface area contributed by atoms with Crippen LogP contribution < -0.4 is 4.72 Å². The van der Waals surface area contributed by atoms with Gasteiger partial charge in [-0.25, -0.2) is 13.1 Å². The first-order valence-corrected chi connectivity index (χ1v) is 8.69. The van der Waals surface area contributed by atoms with E-state index in [1.807, 2.05) is 19.1 Å². The molecule has 1 aliphatic rings. The molecule has 7 heteroatoms. The van der Waals surface area contributed by atoms with Crippen LogP contribution in [0, 0.1) is 6.92 Å². The molecule has 0 bridgehead atoms. The van der Waals surface area contributed by atoms with Crippen molar-refractivity contribution in [1.29, 1.82) is 0 Å². The number of nitrogens with one attached hydrogen (secondary N) is 1. The Morgan fingerprint density at radius 1 is 1.18 bits per heavy atom. The van der Waals surface area contributed by atoms with E-state index >= 15 is 0 Å². The summed E-state index contributed by atoms with van der Waals surface area (Å²) >= 11 is 0. The molecule has 0 atom stereocenters. The molecule has 0 saturated carbocycles. The standard InChI is InChI=1S/C15H24N2O3S.ClH/c1-13-4-6-14(7-5-13)21(18,19)16-12-15(2,3)17-8-10-20-11-9-17;/h4-7,16H,8-12H2,1-3H3;1H. The fourth-order valence-corrected chi connectivity index (χ4v) is 3.56. The monoisotopic (exact) mass is 348 g/mol. The van der Waals surface area contributed by atoms with Crippen molar-refractivity contribution in [3.8, 4) is 0 Å². The van der Waals surface area contributed by atoms with Gasteiger partial charge in [0, 0.05) is 25.2 Å². The van der Waals surface area contributed by atoms with E-state index in [0.29, 0.717) is 24.7 Å². The number of nitrogens with zero attached hydrogens (tertiary/aromatic N) is 1. The summed E-state index contributed by atoms with van der Waals surface area (Å²) in [6.07, 6.45) is 0. The minimum Gasteiger partial charge on any atom is -0.379 e. The molecule has 1 saturated heterocycles. The summed E-state index contributed by atoms with van der Waals surface area (Å²) in [5, 5.41) is 0. The van der Waals surface area contributed by atoms with Crippen LogP contribution in [-0.2, 0) is 14.8 Å². The lowest BCUT2D eigenvalue weighted by Crippen LogP contribution is -2.55. The third kappa shape index (κ3) is 4.93. The van der Waals surface area contributed by atoms with Crippen molar-refractivity contribution in [1.82, 2.24) is 9.62 Å². The molecule has 0 aromatic heterocycles. The first-order chi connectivity index (χ1) is 9.81. The van der Waals surface area contributed by atoms with Crippen molar-refractivity contribution < 1.29 is 13.2 Å². The molecule has 22 heavy (non-hydrogen) atoms. The van der Waals surface area contributed by atoms with Crippen molar-refractivity contribution in [2.24, 2.45) is 0 Å². The Labute approximate surface area is 139 Å². The second kappa shape index (κ2) is 7.75. The van der Waals surface area contributed by atoms with Crippen molar-refractivity contribution in [3.05, 3.63) is 29.8 Å². The van der Waals surface area contributed by atoms with Crippen LogP contribution in [-0.4, -0.2) is 51.7 Å². The van der Waals surface area contributed by atoms with Gasteiger partial charge < -0.3 is 4.74 Å². The first kappa shape index (κ1) is 19.4. The van der Waals surface area contributed by atoms with E-state index in [4.69, 9.17) is 4.74 Å². The summed E-state index contributed by atoms with van der Waals surface area (Å²) in [7, 11) is -3.46. The molecule has 0 spiro atoms. The number of ether oxygens (including phenoxy) is 1. The van der Waals surface area contributed by atoms with Gasteiger partial charge in [0.1, 0.15) is 0 Å². The van der Waals surface area contributed by atoms with Crippen LogP contribution in [0.25, 0.3) is 0 Å². The van der Waals surface area contributed by atoms with Gasteiger partial charge in [-0.3, -0.25) is 4.90 Å². The molecule has 1 aromatic carbocycles. The van der Waals surface area contributed by atoms with Crippen LogP contribution in [0.3, 0.4) is 0 Å². The van der Waals surface area contributed by atoms with Crippen LogP contribution >= 0.6 is 12.4 Å². The highest BCUT2D eigenvalue weighted by Crippen LogP contribution is 2.17. The maximum absolute atomic E-state index is 12.3. The summed E-state index contributed by atoms with van der Waals surface area (Å²) in [6.45, 7) is 9.49. The highest BCUT2D eigenvalue weighted by Gasteiger charge is 2.29. The summed E-state index contributed by atoms with van der Waals surface area (Å²) in [5.41, 5.74) is 0.809. The highest BCUT2D eigenvalue weighted by molar-refractivity contribution is 7.89. The smallest absolute Gasteiger partial charge is 0.240 e. The molecule has 2 rings (SSSR count). The first-order valence-electron chi connectivity index (χ1n) is 7.20. The third-order valence-corrected chi connectivity index (χ3v) is 5.31. The van der Waals surface area contributed by atoms with E-state index in [0.717, 1.165) is 18.7 Å². The molecule has 1 heterocycles. The molecule has 1 aliphatic heterocycles. The van der Waals surface area contributed by atoms with Gasteiger partial charge in [-0.15, -0.1) is 12.4 Å². The van der Waals surface area contributed by atoms with Crippen molar-refractivity contribution in [3.63, 3.8) is 0 Å². The maximum Gasteiger partial charge on any atom is 0.240 e. The Kier molecular flexibility index (Phi) is 6.83. The topological polar surface area (TPSA) is 58.6 Å². The Hall–Kier alpha value is -0.660. The molecular weight excluding hydrogens is 324 g/mol. The molecule has 1 fully saturated rings. The summed E-state index contributed by atoms with van der Waals surface area (Å²) in [4.78, 5) is 2.57. The predicted octanol–water partition coefficient (Wildman–Crippen LogP) is 1.81. The maximum atomic E-state index is 12.3. The number of aryl methyl sites for hydroxylation is 1. The van der Waals surface area contributed by atoms with E-state index in [-0.39, 0.29) is 17.9 Å². The Balaban J connectivity index is 0.00000242. The number of morpholine rings is 1. The number of hydrogen-bond acceptors (Lipinski definition) is 4. The van der Waals surface area contributed by atoms with Gasteiger partial charge in [0.15, 0.2) is 0 Å². The van der Waals surface area contributed by atoms with Crippen LogP contribution in [0.5, 0.6) is 0 Å². The minimum atomic E-state index is -3.46. The van der Waals surface area contributed by atoms with Crippen LogP contribution in [0.15, 0.2) is 29.2 Å². The average Bonchev–Trinajstić information content (AvgIpc) is 2.47. The SMILES string of the molecule is Cc1ccc(S(=O)(=O)NCC(C)(C)N2CCOCC2)cc1.Cl. The Morgan fingerprint density at radius 3 is 2.27 bits per heavy atom. The third-order valence-electron chi connectivity index (χ3n) is 3.89. The zero-order chi connectivity index (χ0) is 15.5. The average molecular weight is 349 g/mol. The molecule has 126 valence electrons. The van der Waals surface area contributed by atoms with Crippen LogP contribution in [0.2, 0.25) is 0 Å². The summed E-state index contributed by atoms with van der Waals surface area (Å²) in [6, 6.07) is 6.89. The van der Waals surface area contributed by atoms with E-state index < -0.39 is 10.0 Å². The molecule has 0 unspecified atom stereocenters. The van der Waals surface area contributed by atoms with Gasteiger partial charge in [-0.2, -0.15) is 0 Å². The van der Waals surface area contributed by atoms with Gasteiger partial charge in [0.25, 0.3) is 0 Å². The molecule has 0 radical (unpaired) electrons. The predicted molar refractivity (Wildman–Crippen MR) is 90.1 cm³/mol. The van der Waals surface area contributed by atoms with Crippen LogP contribution in [0.4, 0.5) is 0 Å². The van der Waals surface area contributed by atoms with E-state index in [1.165, 1.54) is 0 Å². The fraction of sp³-hybridized carbons (Fsp3) is 0.600. The number of halogens is 1. The molecule has 5 nitrogen and oxygen atoms in total.